The van der Waals surface area contributed by atoms with Crippen molar-refractivity contribution in [2.75, 3.05) is 6.61 Å². The number of aliphatic carboxylic acids is 1. The molecule has 1 aromatic carbocycles. The molecule has 3 N–H and O–H groups in total. The van der Waals surface area contributed by atoms with Gasteiger partial charge in [-0.2, -0.15) is 0 Å². The van der Waals surface area contributed by atoms with Crippen LogP contribution in [0.2, 0.25) is 5.02 Å². The lowest BCUT2D eigenvalue weighted by Gasteiger charge is -2.20. The summed E-state index contributed by atoms with van der Waals surface area (Å²) in [5.41, 5.74) is 5.43. The predicted octanol–water partition coefficient (Wildman–Crippen LogP) is 2.29. The Morgan fingerprint density at radius 3 is 2.65 bits per heavy atom. The van der Waals surface area contributed by atoms with Crippen molar-refractivity contribution in [1.29, 1.82) is 0 Å². The van der Waals surface area contributed by atoms with Crippen LogP contribution in [-0.4, -0.2) is 17.7 Å². The van der Waals surface area contributed by atoms with E-state index in [0.717, 1.165) is 5.56 Å². The van der Waals surface area contributed by atoms with Crippen molar-refractivity contribution in [2.45, 2.75) is 20.4 Å². The molecule has 0 saturated heterocycles. The third-order valence-corrected chi connectivity index (χ3v) is 2.69. The van der Waals surface area contributed by atoms with E-state index >= 15 is 0 Å². The van der Waals surface area contributed by atoms with Gasteiger partial charge in [0.05, 0.1) is 10.4 Å². The highest BCUT2D eigenvalue weighted by Gasteiger charge is 2.28. The van der Waals surface area contributed by atoms with Crippen molar-refractivity contribution >= 4 is 17.6 Å². The number of nitrogens with two attached hydrogens (primary N) is 1. The minimum atomic E-state index is -0.949. The molecule has 0 aliphatic carbocycles. The first-order chi connectivity index (χ1) is 7.86. The number of halogens is 1. The number of carboxylic acids is 1. The molecule has 0 spiro atoms. The maximum atomic E-state index is 10.9. The van der Waals surface area contributed by atoms with E-state index in [2.05, 4.69) is 0 Å². The quantitative estimate of drug-likeness (QED) is 0.849. The summed E-state index contributed by atoms with van der Waals surface area (Å²) in [6, 6.07) is 5.21. The molecular weight excluding hydrogens is 242 g/mol. The fraction of sp³-hybridized carbons (Fsp3) is 0.417. The average Bonchev–Trinajstić information content (AvgIpc) is 2.27. The van der Waals surface area contributed by atoms with Crippen LogP contribution in [0.5, 0.6) is 5.75 Å². The second-order valence-corrected chi connectivity index (χ2v) is 4.85. The average molecular weight is 258 g/mol. The Bertz CT molecular complexity index is 418. The lowest BCUT2D eigenvalue weighted by Crippen LogP contribution is -2.30. The molecule has 94 valence electrons. The first kappa shape index (κ1) is 13.8. The summed E-state index contributed by atoms with van der Waals surface area (Å²) >= 11 is 5.99. The van der Waals surface area contributed by atoms with E-state index in [1.807, 2.05) is 0 Å². The molecule has 1 rings (SSSR count). The number of carboxylic acid groups (broad SMARTS) is 1. The van der Waals surface area contributed by atoms with Gasteiger partial charge >= 0.3 is 5.97 Å². The van der Waals surface area contributed by atoms with Gasteiger partial charge in [0, 0.05) is 6.54 Å². The van der Waals surface area contributed by atoms with Gasteiger partial charge in [0.1, 0.15) is 12.4 Å². The Labute approximate surface area is 105 Å². The lowest BCUT2D eigenvalue weighted by molar-refractivity contribution is -0.148. The molecule has 0 aliphatic rings. The van der Waals surface area contributed by atoms with Crippen molar-refractivity contribution in [3.8, 4) is 5.75 Å². The maximum absolute atomic E-state index is 10.9. The fourth-order valence-corrected chi connectivity index (χ4v) is 1.37. The summed E-state index contributed by atoms with van der Waals surface area (Å²) in [6.45, 7) is 3.65. The van der Waals surface area contributed by atoms with E-state index < -0.39 is 11.4 Å². The minimum absolute atomic E-state index is 0.0595. The summed E-state index contributed by atoms with van der Waals surface area (Å²) in [5, 5.41) is 9.38. The first-order valence-corrected chi connectivity index (χ1v) is 5.59. The number of benzene rings is 1. The number of hydrogen-bond donors (Lipinski definition) is 2. The Kier molecular flexibility index (Phi) is 4.37. The van der Waals surface area contributed by atoms with Crippen LogP contribution in [0.1, 0.15) is 19.4 Å². The molecule has 0 atom stereocenters. The van der Waals surface area contributed by atoms with Gasteiger partial charge in [-0.05, 0) is 31.5 Å². The summed E-state index contributed by atoms with van der Waals surface area (Å²) in [4.78, 5) is 10.9. The van der Waals surface area contributed by atoms with Crippen LogP contribution in [-0.2, 0) is 11.3 Å². The van der Waals surface area contributed by atoms with E-state index in [0.29, 0.717) is 17.3 Å². The van der Waals surface area contributed by atoms with Crippen LogP contribution in [0.4, 0.5) is 0 Å². The molecule has 17 heavy (non-hydrogen) atoms. The van der Waals surface area contributed by atoms with Crippen LogP contribution in [0, 0.1) is 5.41 Å². The summed E-state index contributed by atoms with van der Waals surface area (Å²) in [5.74, 6) is -0.439. The molecular formula is C12H16ClNO3. The first-order valence-electron chi connectivity index (χ1n) is 5.21. The van der Waals surface area contributed by atoms with E-state index in [-0.39, 0.29) is 6.61 Å². The van der Waals surface area contributed by atoms with Crippen molar-refractivity contribution < 1.29 is 14.6 Å². The van der Waals surface area contributed by atoms with Crippen molar-refractivity contribution in [3.05, 3.63) is 28.8 Å². The monoisotopic (exact) mass is 257 g/mol. The predicted molar refractivity (Wildman–Crippen MR) is 66.3 cm³/mol. The molecule has 0 bridgehead atoms. The number of ether oxygens (including phenoxy) is 1. The molecule has 0 unspecified atom stereocenters. The molecule has 0 amide bonds. The van der Waals surface area contributed by atoms with Gasteiger partial charge < -0.3 is 15.6 Å². The van der Waals surface area contributed by atoms with Crippen LogP contribution >= 0.6 is 11.6 Å². The van der Waals surface area contributed by atoms with Crippen LogP contribution in [0.15, 0.2) is 18.2 Å². The molecule has 1 aromatic rings. The Hall–Kier alpha value is -1.26. The Morgan fingerprint density at radius 2 is 2.18 bits per heavy atom. The van der Waals surface area contributed by atoms with E-state index in [1.165, 1.54) is 0 Å². The van der Waals surface area contributed by atoms with Crippen molar-refractivity contribution in [1.82, 2.24) is 0 Å². The highest BCUT2D eigenvalue weighted by atomic mass is 35.5. The SMILES string of the molecule is CC(C)(COc1ccc(CN)cc1Cl)C(=O)O. The van der Waals surface area contributed by atoms with Gasteiger partial charge in [-0.3, -0.25) is 4.79 Å². The lowest BCUT2D eigenvalue weighted by atomic mass is 9.95. The smallest absolute Gasteiger partial charge is 0.312 e. The zero-order valence-electron chi connectivity index (χ0n) is 9.87. The third kappa shape index (κ3) is 3.61. The maximum Gasteiger partial charge on any atom is 0.312 e. The second kappa shape index (κ2) is 5.38. The van der Waals surface area contributed by atoms with E-state index in [9.17, 15) is 4.79 Å². The van der Waals surface area contributed by atoms with E-state index in [4.69, 9.17) is 27.2 Å². The highest BCUT2D eigenvalue weighted by Crippen LogP contribution is 2.27. The van der Waals surface area contributed by atoms with Crippen molar-refractivity contribution in [3.63, 3.8) is 0 Å². The molecule has 0 heterocycles. The van der Waals surface area contributed by atoms with Gasteiger partial charge in [0.15, 0.2) is 0 Å². The highest BCUT2D eigenvalue weighted by molar-refractivity contribution is 6.32. The molecule has 0 radical (unpaired) electrons. The summed E-state index contributed by atoms with van der Waals surface area (Å²) < 4.78 is 5.41. The van der Waals surface area contributed by atoms with Gasteiger partial charge in [-0.15, -0.1) is 0 Å². The van der Waals surface area contributed by atoms with Crippen LogP contribution < -0.4 is 10.5 Å². The van der Waals surface area contributed by atoms with Gasteiger partial charge in [0.25, 0.3) is 0 Å². The molecule has 0 saturated carbocycles. The molecule has 5 heteroatoms. The van der Waals surface area contributed by atoms with Gasteiger partial charge in [0.2, 0.25) is 0 Å². The normalized spacial score (nSPS) is 11.3. The van der Waals surface area contributed by atoms with E-state index in [1.54, 1.807) is 32.0 Å². The second-order valence-electron chi connectivity index (χ2n) is 4.45. The Balaban J connectivity index is 2.73. The summed E-state index contributed by atoms with van der Waals surface area (Å²) in [6.07, 6.45) is 0. The number of rotatable bonds is 5. The standard InChI is InChI=1S/C12H16ClNO3/c1-12(2,11(15)16)7-17-10-4-3-8(6-14)5-9(10)13/h3-5H,6-7,14H2,1-2H3,(H,15,16). The van der Waals surface area contributed by atoms with Gasteiger partial charge in [-0.25, -0.2) is 0 Å². The molecule has 0 aromatic heterocycles. The topological polar surface area (TPSA) is 72.5 Å². The minimum Gasteiger partial charge on any atom is -0.491 e. The molecule has 0 fully saturated rings. The van der Waals surface area contributed by atoms with Crippen molar-refractivity contribution in [2.24, 2.45) is 11.1 Å². The largest absolute Gasteiger partial charge is 0.491 e. The third-order valence-electron chi connectivity index (χ3n) is 2.40. The molecule has 4 nitrogen and oxygen atoms in total. The van der Waals surface area contributed by atoms with Crippen LogP contribution in [0.25, 0.3) is 0 Å². The zero-order valence-corrected chi connectivity index (χ0v) is 10.6. The molecule has 0 aliphatic heterocycles. The number of hydrogen-bond acceptors (Lipinski definition) is 3. The van der Waals surface area contributed by atoms with Crippen LogP contribution in [0.3, 0.4) is 0 Å². The number of carbonyl (C=O) groups is 1. The Morgan fingerprint density at radius 1 is 1.53 bits per heavy atom. The summed E-state index contributed by atoms with van der Waals surface area (Å²) in [7, 11) is 0. The van der Waals surface area contributed by atoms with Gasteiger partial charge in [-0.1, -0.05) is 17.7 Å². The fourth-order valence-electron chi connectivity index (χ4n) is 1.11. The zero-order chi connectivity index (χ0) is 13.1.